The van der Waals surface area contributed by atoms with Crippen LogP contribution in [0.3, 0.4) is 0 Å². The molecule has 2 fully saturated rings. The summed E-state index contributed by atoms with van der Waals surface area (Å²) >= 11 is 0. The van der Waals surface area contributed by atoms with E-state index in [0.717, 1.165) is 45.2 Å². The van der Waals surface area contributed by atoms with Gasteiger partial charge in [-0.15, -0.1) is 0 Å². The Balaban J connectivity index is 1.72. The molecule has 2 unspecified atom stereocenters. The monoisotopic (exact) mass is 382 g/mol. The van der Waals surface area contributed by atoms with Gasteiger partial charge in [0.25, 0.3) is 0 Å². The lowest BCUT2D eigenvalue weighted by atomic mass is 10.0. The standard InChI is InChI=1S/C19H38N6O2/c1-3-5-7-9-14-24-16(18(20)26-22-24)12-11-13-17-19(21)27-23-25(17)15-10-8-6-4-2/h16-17,20-23H,3-15H2,1-2H3. The first-order chi connectivity index (χ1) is 13.2. The van der Waals surface area contributed by atoms with Crippen molar-refractivity contribution >= 4 is 11.8 Å². The van der Waals surface area contributed by atoms with E-state index in [9.17, 15) is 0 Å². The molecule has 2 aliphatic heterocycles. The Labute approximate surface area is 163 Å². The summed E-state index contributed by atoms with van der Waals surface area (Å²) in [6.45, 7) is 6.23. The van der Waals surface area contributed by atoms with E-state index in [2.05, 4.69) is 35.0 Å². The number of hydrogen-bond donors (Lipinski definition) is 4. The lowest BCUT2D eigenvalue weighted by molar-refractivity contribution is 0.0322. The van der Waals surface area contributed by atoms with Gasteiger partial charge in [0.15, 0.2) is 0 Å². The van der Waals surface area contributed by atoms with Crippen LogP contribution in [0, 0.1) is 10.8 Å². The smallest absolute Gasteiger partial charge is 0.227 e. The Bertz CT molecular complexity index is 421. The zero-order chi connectivity index (χ0) is 19.5. The van der Waals surface area contributed by atoms with Gasteiger partial charge in [0, 0.05) is 13.1 Å². The SMILES string of the molecule is CCCCCCN1NOC(=N)C1CCCC1C(=N)ONN1CCCCCC. The molecule has 0 saturated carbocycles. The van der Waals surface area contributed by atoms with Gasteiger partial charge in [0.2, 0.25) is 11.8 Å². The van der Waals surface area contributed by atoms with Crippen LogP contribution >= 0.6 is 0 Å². The second kappa shape index (κ2) is 12.3. The predicted molar refractivity (Wildman–Crippen MR) is 107 cm³/mol. The number of hydrazine groups is 2. The van der Waals surface area contributed by atoms with Gasteiger partial charge < -0.3 is 9.68 Å². The summed E-state index contributed by atoms with van der Waals surface area (Å²) in [5, 5.41) is 20.2. The number of nitrogens with one attached hydrogen (secondary N) is 4. The van der Waals surface area contributed by atoms with E-state index in [4.69, 9.17) is 20.5 Å². The van der Waals surface area contributed by atoms with Gasteiger partial charge in [-0.05, 0) is 32.1 Å². The average Bonchev–Trinajstić information content (AvgIpc) is 3.19. The van der Waals surface area contributed by atoms with E-state index in [0.29, 0.717) is 11.8 Å². The first kappa shape index (κ1) is 22.1. The second-order valence-electron chi connectivity index (χ2n) is 7.59. The Kier molecular flexibility index (Phi) is 10.0. The zero-order valence-electron chi connectivity index (χ0n) is 17.1. The molecule has 2 aliphatic rings. The van der Waals surface area contributed by atoms with Gasteiger partial charge in [-0.1, -0.05) is 63.6 Å². The highest BCUT2D eigenvalue weighted by Crippen LogP contribution is 2.20. The van der Waals surface area contributed by atoms with Gasteiger partial charge in [0.05, 0.1) is 0 Å². The molecule has 0 bridgehead atoms. The van der Waals surface area contributed by atoms with Gasteiger partial charge in [-0.25, -0.2) is 0 Å². The molecule has 8 nitrogen and oxygen atoms in total. The minimum absolute atomic E-state index is 0.00547. The summed E-state index contributed by atoms with van der Waals surface area (Å²) in [5.74, 6) is 0.607. The zero-order valence-corrected chi connectivity index (χ0v) is 17.1. The molecule has 0 radical (unpaired) electrons. The van der Waals surface area contributed by atoms with Crippen molar-refractivity contribution in [2.24, 2.45) is 0 Å². The molecular formula is C19H38N6O2. The molecule has 0 amide bonds. The van der Waals surface area contributed by atoms with E-state index in [-0.39, 0.29) is 12.1 Å². The fourth-order valence-corrected chi connectivity index (χ4v) is 3.66. The van der Waals surface area contributed by atoms with Crippen molar-refractivity contribution in [3.05, 3.63) is 0 Å². The first-order valence-corrected chi connectivity index (χ1v) is 10.7. The molecule has 2 saturated heterocycles. The molecule has 0 spiro atoms. The molecule has 2 rings (SSSR count). The third kappa shape index (κ3) is 7.03. The summed E-state index contributed by atoms with van der Waals surface area (Å²) in [5.41, 5.74) is 5.78. The summed E-state index contributed by atoms with van der Waals surface area (Å²) in [4.78, 5) is 10.5. The van der Waals surface area contributed by atoms with Crippen LogP contribution in [0.1, 0.15) is 84.5 Å². The largest absolute Gasteiger partial charge is 0.377 e. The molecule has 2 atom stereocenters. The minimum atomic E-state index is -0.00547. The topological polar surface area (TPSA) is 96.7 Å². The van der Waals surface area contributed by atoms with Crippen LogP contribution in [-0.4, -0.2) is 47.0 Å². The molecule has 2 heterocycles. The van der Waals surface area contributed by atoms with E-state index in [1.54, 1.807) is 0 Å². The summed E-state index contributed by atoms with van der Waals surface area (Å²) in [6.07, 6.45) is 12.2. The second-order valence-corrected chi connectivity index (χ2v) is 7.59. The lowest BCUT2D eigenvalue weighted by Crippen LogP contribution is -2.40. The molecular weight excluding hydrogens is 344 g/mol. The Morgan fingerprint density at radius 2 is 1.15 bits per heavy atom. The van der Waals surface area contributed by atoms with Crippen LogP contribution in [0.2, 0.25) is 0 Å². The summed E-state index contributed by atoms with van der Waals surface area (Å²) in [7, 11) is 0. The van der Waals surface area contributed by atoms with E-state index < -0.39 is 0 Å². The van der Waals surface area contributed by atoms with Crippen molar-refractivity contribution in [3.8, 4) is 0 Å². The third-order valence-electron chi connectivity index (χ3n) is 5.36. The highest BCUT2D eigenvalue weighted by Gasteiger charge is 2.34. The van der Waals surface area contributed by atoms with Crippen LogP contribution in [0.4, 0.5) is 0 Å². The normalized spacial score (nSPS) is 23.8. The first-order valence-electron chi connectivity index (χ1n) is 10.7. The number of hydrogen-bond acceptors (Lipinski definition) is 8. The maximum Gasteiger partial charge on any atom is 0.227 e. The minimum Gasteiger partial charge on any atom is -0.377 e. The van der Waals surface area contributed by atoms with Crippen molar-refractivity contribution in [3.63, 3.8) is 0 Å². The van der Waals surface area contributed by atoms with Crippen LogP contribution in [0.15, 0.2) is 0 Å². The number of unbranched alkanes of at least 4 members (excludes halogenated alkanes) is 6. The van der Waals surface area contributed by atoms with Gasteiger partial charge in [0.1, 0.15) is 12.1 Å². The van der Waals surface area contributed by atoms with Crippen LogP contribution in [-0.2, 0) is 9.68 Å². The molecule has 4 N–H and O–H groups in total. The van der Waals surface area contributed by atoms with Crippen molar-refractivity contribution < 1.29 is 9.68 Å². The fraction of sp³-hybridized carbons (Fsp3) is 0.895. The molecule has 156 valence electrons. The van der Waals surface area contributed by atoms with Gasteiger partial charge >= 0.3 is 0 Å². The predicted octanol–water partition coefficient (Wildman–Crippen LogP) is 3.51. The average molecular weight is 383 g/mol. The molecule has 0 aromatic rings. The highest BCUT2D eigenvalue weighted by molar-refractivity contribution is 5.80. The molecule has 0 aliphatic carbocycles. The highest BCUT2D eigenvalue weighted by atomic mass is 16.7. The van der Waals surface area contributed by atoms with Crippen molar-refractivity contribution in [2.45, 2.75) is 96.6 Å². The quantitative estimate of drug-likeness (QED) is 0.343. The molecule has 8 heteroatoms. The van der Waals surface area contributed by atoms with E-state index in [1.807, 2.05) is 0 Å². The molecule has 0 aromatic carbocycles. The maximum atomic E-state index is 8.03. The Morgan fingerprint density at radius 3 is 1.56 bits per heavy atom. The van der Waals surface area contributed by atoms with Gasteiger partial charge in [-0.2, -0.15) is 10.0 Å². The lowest BCUT2D eigenvalue weighted by Gasteiger charge is -2.22. The van der Waals surface area contributed by atoms with Crippen LogP contribution in [0.25, 0.3) is 0 Å². The van der Waals surface area contributed by atoms with Crippen molar-refractivity contribution in [1.29, 1.82) is 10.8 Å². The van der Waals surface area contributed by atoms with Crippen molar-refractivity contribution in [1.82, 2.24) is 21.2 Å². The molecule has 27 heavy (non-hydrogen) atoms. The van der Waals surface area contributed by atoms with Crippen molar-refractivity contribution in [2.75, 3.05) is 13.1 Å². The van der Waals surface area contributed by atoms with Gasteiger partial charge in [-0.3, -0.25) is 10.8 Å². The van der Waals surface area contributed by atoms with Crippen LogP contribution < -0.4 is 11.2 Å². The van der Waals surface area contributed by atoms with Crippen LogP contribution in [0.5, 0.6) is 0 Å². The number of nitrogens with zero attached hydrogens (tertiary/aromatic N) is 2. The summed E-state index contributed by atoms with van der Waals surface area (Å²) in [6, 6.07) is -0.0109. The summed E-state index contributed by atoms with van der Waals surface area (Å²) < 4.78 is 0. The Hall–Kier alpha value is -1.22. The fourth-order valence-electron chi connectivity index (χ4n) is 3.66. The van der Waals surface area contributed by atoms with E-state index in [1.165, 1.54) is 38.5 Å². The Morgan fingerprint density at radius 1 is 0.704 bits per heavy atom. The molecule has 0 aromatic heterocycles. The van der Waals surface area contributed by atoms with E-state index >= 15 is 0 Å². The third-order valence-corrected chi connectivity index (χ3v) is 5.36. The number of rotatable bonds is 14. The maximum absolute atomic E-state index is 8.03.